The molecule has 0 aliphatic carbocycles. The summed E-state index contributed by atoms with van der Waals surface area (Å²) in [6.45, 7) is 9.29. The second-order valence-corrected chi connectivity index (χ2v) is 10.8. The van der Waals surface area contributed by atoms with Crippen LogP contribution in [0.4, 0.5) is 16.3 Å². The molecule has 1 atom stereocenters. The standard InChI is InChI=1S/C28H36N6O5/c1-4-28(8-11-32(12-9-28)27(37)38)34-22-7-10-29-25(35)23(22)24(31-34)30-20-5-6-21(19(3)15-20)26(36)33-13-14-39-17-18(2)16-33/h5-7,10,15,18H,4,8-9,11-14,16-17H2,1-3H3,(H,29,35)(H,30,31)(H,37,38). The number of pyridine rings is 1. The van der Waals surface area contributed by atoms with Gasteiger partial charge >= 0.3 is 6.09 Å². The number of likely N-dealkylation sites (tertiary alicyclic amines) is 1. The van der Waals surface area contributed by atoms with E-state index in [0.29, 0.717) is 74.5 Å². The van der Waals surface area contributed by atoms with Gasteiger partial charge in [0, 0.05) is 43.6 Å². The maximum atomic E-state index is 13.3. The van der Waals surface area contributed by atoms with Gasteiger partial charge in [-0.1, -0.05) is 13.8 Å². The summed E-state index contributed by atoms with van der Waals surface area (Å²) in [4.78, 5) is 43.8. The van der Waals surface area contributed by atoms with Crippen LogP contribution in [0.3, 0.4) is 0 Å². The van der Waals surface area contributed by atoms with Crippen LogP contribution in [0.15, 0.2) is 35.3 Å². The Morgan fingerprint density at radius 3 is 2.67 bits per heavy atom. The highest BCUT2D eigenvalue weighted by Crippen LogP contribution is 2.37. The molecule has 2 aromatic heterocycles. The fourth-order valence-corrected chi connectivity index (χ4v) is 5.81. The zero-order chi connectivity index (χ0) is 27.7. The zero-order valence-corrected chi connectivity index (χ0v) is 22.7. The molecule has 2 aliphatic heterocycles. The Kier molecular flexibility index (Phi) is 7.35. The van der Waals surface area contributed by atoms with Crippen molar-refractivity contribution in [3.05, 3.63) is 51.9 Å². The lowest BCUT2D eigenvalue weighted by atomic mass is 9.85. The number of fused-ring (bicyclic) bond motifs is 1. The number of aromatic nitrogens is 3. The van der Waals surface area contributed by atoms with Crippen LogP contribution in [0.1, 0.15) is 49.0 Å². The van der Waals surface area contributed by atoms with Crippen LogP contribution in [0, 0.1) is 12.8 Å². The third kappa shape index (κ3) is 5.10. The number of aryl methyl sites for hydroxylation is 1. The van der Waals surface area contributed by atoms with Gasteiger partial charge in [-0.25, -0.2) is 4.79 Å². The normalized spacial score (nSPS) is 19.6. The predicted molar refractivity (Wildman–Crippen MR) is 148 cm³/mol. The molecule has 208 valence electrons. The SMILES string of the molecule is CCC1(n2nc(Nc3ccc(C(=O)N4CCOCC(C)C4)c(C)c3)c3c(=O)[nH]ccc32)CCN(C(=O)O)CC1. The second-order valence-electron chi connectivity index (χ2n) is 10.8. The molecule has 0 radical (unpaired) electrons. The zero-order valence-electron chi connectivity index (χ0n) is 22.7. The first-order valence-corrected chi connectivity index (χ1v) is 13.6. The van der Waals surface area contributed by atoms with Crippen molar-refractivity contribution < 1.29 is 19.4 Å². The van der Waals surface area contributed by atoms with Crippen molar-refractivity contribution in [3.63, 3.8) is 0 Å². The van der Waals surface area contributed by atoms with Gasteiger partial charge in [0.25, 0.3) is 11.5 Å². The number of rotatable bonds is 5. The molecule has 39 heavy (non-hydrogen) atoms. The van der Waals surface area contributed by atoms with Crippen LogP contribution >= 0.6 is 0 Å². The molecule has 3 N–H and O–H groups in total. The number of carbonyl (C=O) groups excluding carboxylic acids is 1. The van der Waals surface area contributed by atoms with Crippen molar-refractivity contribution in [2.45, 2.75) is 45.6 Å². The van der Waals surface area contributed by atoms with Crippen LogP contribution in [-0.4, -0.2) is 81.1 Å². The van der Waals surface area contributed by atoms with Gasteiger partial charge in [0.2, 0.25) is 0 Å². The Balaban J connectivity index is 1.45. The minimum absolute atomic E-state index is 0.0137. The van der Waals surface area contributed by atoms with Gasteiger partial charge in [-0.3, -0.25) is 14.3 Å². The van der Waals surface area contributed by atoms with E-state index in [1.54, 1.807) is 6.20 Å². The molecule has 0 bridgehead atoms. The highest BCUT2D eigenvalue weighted by atomic mass is 16.5. The van der Waals surface area contributed by atoms with Crippen molar-refractivity contribution in [1.82, 2.24) is 24.6 Å². The summed E-state index contributed by atoms with van der Waals surface area (Å²) in [5.74, 6) is 0.694. The lowest BCUT2D eigenvalue weighted by molar-refractivity contribution is 0.0737. The van der Waals surface area contributed by atoms with Gasteiger partial charge in [0.05, 0.1) is 24.3 Å². The number of aromatic amines is 1. The number of hydrogen-bond acceptors (Lipinski definition) is 6. The number of piperidine rings is 1. The van der Waals surface area contributed by atoms with Gasteiger partial charge in [-0.05, 0) is 61.9 Å². The van der Waals surface area contributed by atoms with Gasteiger partial charge in [0.15, 0.2) is 5.82 Å². The minimum Gasteiger partial charge on any atom is -0.465 e. The van der Waals surface area contributed by atoms with E-state index in [2.05, 4.69) is 24.1 Å². The average molecular weight is 537 g/mol. The summed E-state index contributed by atoms with van der Waals surface area (Å²) in [5.41, 5.74) is 2.23. The second kappa shape index (κ2) is 10.7. The molecule has 5 rings (SSSR count). The number of ether oxygens (including phenoxy) is 1. The van der Waals surface area contributed by atoms with Crippen molar-refractivity contribution in [1.29, 1.82) is 0 Å². The largest absolute Gasteiger partial charge is 0.465 e. The molecule has 0 spiro atoms. The van der Waals surface area contributed by atoms with Gasteiger partial charge in [-0.15, -0.1) is 0 Å². The monoisotopic (exact) mass is 536 g/mol. The van der Waals surface area contributed by atoms with E-state index in [0.717, 1.165) is 17.7 Å². The van der Waals surface area contributed by atoms with Crippen LogP contribution in [-0.2, 0) is 10.3 Å². The molecule has 1 unspecified atom stereocenters. The summed E-state index contributed by atoms with van der Waals surface area (Å²) >= 11 is 0. The molecular formula is C28H36N6O5. The quantitative estimate of drug-likeness (QED) is 0.452. The summed E-state index contributed by atoms with van der Waals surface area (Å²) in [6.07, 6.45) is 2.66. The Labute approximate surface area is 226 Å². The third-order valence-electron chi connectivity index (χ3n) is 8.12. The number of benzene rings is 1. The van der Waals surface area contributed by atoms with Crippen LogP contribution in [0.5, 0.6) is 0 Å². The molecule has 11 heteroatoms. The predicted octanol–water partition coefficient (Wildman–Crippen LogP) is 3.76. The Hall–Kier alpha value is -3.86. The fraction of sp³-hybridized carbons (Fsp3) is 0.500. The number of carboxylic acid groups (broad SMARTS) is 1. The summed E-state index contributed by atoms with van der Waals surface area (Å²) in [6, 6.07) is 7.39. The number of anilines is 2. The Morgan fingerprint density at radius 1 is 1.21 bits per heavy atom. The minimum atomic E-state index is -0.917. The van der Waals surface area contributed by atoms with Crippen molar-refractivity contribution in [3.8, 4) is 0 Å². The summed E-state index contributed by atoms with van der Waals surface area (Å²) in [7, 11) is 0. The van der Waals surface area contributed by atoms with E-state index in [-0.39, 0.29) is 17.4 Å². The summed E-state index contributed by atoms with van der Waals surface area (Å²) in [5, 5.41) is 18.1. The van der Waals surface area contributed by atoms with Crippen molar-refractivity contribution >= 4 is 34.4 Å². The topological polar surface area (TPSA) is 133 Å². The number of hydrogen-bond donors (Lipinski definition) is 3. The first kappa shape index (κ1) is 26.7. The maximum Gasteiger partial charge on any atom is 0.407 e. The molecular weight excluding hydrogens is 500 g/mol. The number of carbonyl (C=O) groups is 2. The molecule has 2 saturated heterocycles. The van der Waals surface area contributed by atoms with Gasteiger partial charge in [-0.2, -0.15) is 5.10 Å². The lowest BCUT2D eigenvalue weighted by Crippen LogP contribution is -2.47. The lowest BCUT2D eigenvalue weighted by Gasteiger charge is -2.41. The maximum absolute atomic E-state index is 13.3. The summed E-state index contributed by atoms with van der Waals surface area (Å²) < 4.78 is 7.50. The smallest absolute Gasteiger partial charge is 0.407 e. The molecule has 2 amide bonds. The first-order valence-electron chi connectivity index (χ1n) is 13.6. The van der Waals surface area contributed by atoms with E-state index in [4.69, 9.17) is 9.84 Å². The van der Waals surface area contributed by atoms with Crippen molar-refractivity contribution in [2.24, 2.45) is 5.92 Å². The van der Waals surface area contributed by atoms with Crippen LogP contribution < -0.4 is 10.9 Å². The van der Waals surface area contributed by atoms with Crippen LogP contribution in [0.25, 0.3) is 10.9 Å². The van der Waals surface area contributed by atoms with Gasteiger partial charge in [0.1, 0.15) is 5.39 Å². The highest BCUT2D eigenvalue weighted by molar-refractivity contribution is 5.96. The molecule has 2 fully saturated rings. The van der Waals surface area contributed by atoms with Crippen LogP contribution in [0.2, 0.25) is 0 Å². The number of H-pyrrole nitrogens is 1. The number of nitrogens with zero attached hydrogens (tertiary/aromatic N) is 4. The number of nitrogens with one attached hydrogen (secondary N) is 2. The average Bonchev–Trinajstić information content (AvgIpc) is 3.15. The highest BCUT2D eigenvalue weighted by Gasteiger charge is 2.38. The molecule has 4 heterocycles. The van der Waals surface area contributed by atoms with E-state index in [1.807, 2.05) is 40.8 Å². The molecule has 2 aliphatic rings. The fourth-order valence-electron chi connectivity index (χ4n) is 5.81. The molecule has 11 nitrogen and oxygen atoms in total. The van der Waals surface area contributed by atoms with Gasteiger partial charge < -0.3 is 29.9 Å². The Bertz CT molecular complexity index is 1440. The molecule has 3 aromatic rings. The van der Waals surface area contributed by atoms with E-state index < -0.39 is 11.6 Å². The molecule has 1 aromatic carbocycles. The number of amides is 2. The third-order valence-corrected chi connectivity index (χ3v) is 8.12. The van der Waals surface area contributed by atoms with E-state index in [1.165, 1.54) is 4.90 Å². The Morgan fingerprint density at radius 2 is 1.97 bits per heavy atom. The van der Waals surface area contributed by atoms with Crippen molar-refractivity contribution in [2.75, 3.05) is 44.7 Å². The van der Waals surface area contributed by atoms with E-state index in [9.17, 15) is 19.5 Å². The first-order chi connectivity index (χ1) is 18.7. The van der Waals surface area contributed by atoms with E-state index >= 15 is 0 Å². The molecule has 0 saturated carbocycles.